The van der Waals surface area contributed by atoms with Crippen LogP contribution in [0.3, 0.4) is 0 Å². The molecule has 1 unspecified atom stereocenters. The van der Waals surface area contributed by atoms with E-state index in [0.29, 0.717) is 25.7 Å². The van der Waals surface area contributed by atoms with Gasteiger partial charge in [-0.15, -0.1) is 0 Å². The smallest absolute Gasteiger partial charge is 0.251 e. The molecule has 1 aromatic rings. The molecule has 0 bridgehead atoms. The fourth-order valence-corrected chi connectivity index (χ4v) is 3.30. The maximum absolute atomic E-state index is 12.5. The summed E-state index contributed by atoms with van der Waals surface area (Å²) in [5, 5.41) is 0. The summed E-state index contributed by atoms with van der Waals surface area (Å²) in [4.78, 5) is 14.4. The molecule has 0 spiro atoms. The number of nitrogens with zero attached hydrogens (tertiary/aromatic N) is 1. The van der Waals surface area contributed by atoms with Gasteiger partial charge in [-0.1, -0.05) is 18.2 Å². The van der Waals surface area contributed by atoms with Crippen molar-refractivity contribution in [3.8, 4) is 5.75 Å². The fraction of sp³-hybridized carbons (Fsp3) is 0.650. The molecule has 140 valence electrons. The highest BCUT2D eigenvalue weighted by atomic mass is 16.5. The zero-order valence-electron chi connectivity index (χ0n) is 15.7. The van der Waals surface area contributed by atoms with Crippen LogP contribution in [-0.4, -0.2) is 56.9 Å². The Bertz CT molecular complexity index is 526. The summed E-state index contributed by atoms with van der Waals surface area (Å²) in [6.45, 7) is 7.06. The molecule has 1 heterocycles. The van der Waals surface area contributed by atoms with Crippen molar-refractivity contribution in [2.75, 3.05) is 40.0 Å². The maximum Gasteiger partial charge on any atom is 0.251 e. The summed E-state index contributed by atoms with van der Waals surface area (Å²) in [7, 11) is 1.72. The number of benzene rings is 1. The van der Waals surface area contributed by atoms with E-state index >= 15 is 0 Å². The third kappa shape index (κ3) is 6.01. The molecule has 1 aromatic carbocycles. The summed E-state index contributed by atoms with van der Waals surface area (Å²) >= 11 is 0. The Labute approximate surface area is 151 Å². The molecule has 0 saturated carbocycles. The molecule has 1 amide bonds. The Balaban J connectivity index is 1.76. The number of rotatable bonds is 9. The molecule has 2 rings (SSSR count). The highest BCUT2D eigenvalue weighted by molar-refractivity contribution is 5.80. The first-order chi connectivity index (χ1) is 12.2. The molecule has 1 fully saturated rings. The van der Waals surface area contributed by atoms with Crippen molar-refractivity contribution < 1.29 is 19.0 Å². The van der Waals surface area contributed by atoms with Gasteiger partial charge >= 0.3 is 0 Å². The van der Waals surface area contributed by atoms with E-state index in [0.717, 1.165) is 38.1 Å². The summed E-state index contributed by atoms with van der Waals surface area (Å²) < 4.78 is 16.3. The first-order valence-corrected chi connectivity index (χ1v) is 9.25. The highest BCUT2D eigenvalue weighted by Gasteiger charge is 2.26. The van der Waals surface area contributed by atoms with Crippen LogP contribution < -0.4 is 4.74 Å². The van der Waals surface area contributed by atoms with Crippen molar-refractivity contribution in [1.82, 2.24) is 4.90 Å². The lowest BCUT2D eigenvalue weighted by atomic mass is 9.89. The normalized spacial score (nSPS) is 16.7. The molecule has 0 aliphatic carbocycles. The molecule has 5 nitrogen and oxygen atoms in total. The Morgan fingerprint density at radius 1 is 1.24 bits per heavy atom. The Morgan fingerprint density at radius 2 is 1.96 bits per heavy atom. The second kappa shape index (κ2) is 10.4. The standard InChI is InChI=1S/C20H31NO4/c1-4-24-13-14-25-16(2)20(22)21-11-9-17(10-12-21)15-18-7-5-6-8-19(18)23-3/h5-8,16-17H,4,9-15H2,1-3H3. The maximum atomic E-state index is 12.5. The molecule has 25 heavy (non-hydrogen) atoms. The minimum Gasteiger partial charge on any atom is -0.496 e. The van der Waals surface area contributed by atoms with Crippen LogP contribution in [0, 0.1) is 5.92 Å². The molecule has 5 heteroatoms. The molecular weight excluding hydrogens is 318 g/mol. The number of carbonyl (C=O) groups excluding carboxylic acids is 1. The van der Waals surface area contributed by atoms with Gasteiger partial charge in [-0.2, -0.15) is 0 Å². The van der Waals surface area contributed by atoms with E-state index in [9.17, 15) is 4.79 Å². The van der Waals surface area contributed by atoms with Gasteiger partial charge in [-0.25, -0.2) is 0 Å². The van der Waals surface area contributed by atoms with Crippen molar-refractivity contribution in [3.63, 3.8) is 0 Å². The van der Waals surface area contributed by atoms with Gasteiger partial charge in [-0.3, -0.25) is 4.79 Å². The van der Waals surface area contributed by atoms with Crippen LogP contribution in [0.5, 0.6) is 5.75 Å². The number of piperidine rings is 1. The minimum absolute atomic E-state index is 0.0900. The largest absolute Gasteiger partial charge is 0.496 e. The summed E-state index contributed by atoms with van der Waals surface area (Å²) in [6.07, 6.45) is 2.66. The van der Waals surface area contributed by atoms with Crippen LogP contribution in [0.4, 0.5) is 0 Å². The predicted molar refractivity (Wildman–Crippen MR) is 97.9 cm³/mol. The van der Waals surface area contributed by atoms with Crippen molar-refractivity contribution in [1.29, 1.82) is 0 Å². The van der Waals surface area contributed by atoms with Gasteiger partial charge in [0.1, 0.15) is 11.9 Å². The molecular formula is C20H31NO4. The van der Waals surface area contributed by atoms with E-state index in [4.69, 9.17) is 14.2 Å². The molecule has 1 aliphatic heterocycles. The monoisotopic (exact) mass is 349 g/mol. The molecule has 1 aliphatic rings. The highest BCUT2D eigenvalue weighted by Crippen LogP contribution is 2.27. The average molecular weight is 349 g/mol. The average Bonchev–Trinajstić information content (AvgIpc) is 2.65. The predicted octanol–water partition coefficient (Wildman–Crippen LogP) is 2.92. The first kappa shape index (κ1) is 19.7. The van der Waals surface area contributed by atoms with Gasteiger partial charge in [0.2, 0.25) is 0 Å². The second-order valence-corrected chi connectivity index (χ2v) is 6.49. The van der Waals surface area contributed by atoms with E-state index in [1.54, 1.807) is 7.11 Å². The van der Waals surface area contributed by atoms with E-state index < -0.39 is 6.10 Å². The van der Waals surface area contributed by atoms with Crippen LogP contribution in [0.1, 0.15) is 32.3 Å². The van der Waals surface area contributed by atoms with Crippen molar-refractivity contribution >= 4 is 5.91 Å². The van der Waals surface area contributed by atoms with Crippen LogP contribution in [0.2, 0.25) is 0 Å². The number of ether oxygens (including phenoxy) is 3. The molecule has 1 atom stereocenters. The number of carbonyl (C=O) groups is 1. The van der Waals surface area contributed by atoms with Gasteiger partial charge in [-0.05, 0) is 50.7 Å². The second-order valence-electron chi connectivity index (χ2n) is 6.49. The quantitative estimate of drug-likeness (QED) is 0.643. The number of likely N-dealkylation sites (tertiary alicyclic amines) is 1. The van der Waals surface area contributed by atoms with Crippen molar-refractivity contribution in [3.05, 3.63) is 29.8 Å². The zero-order chi connectivity index (χ0) is 18.1. The Kier molecular flexibility index (Phi) is 8.22. The lowest BCUT2D eigenvalue weighted by molar-refractivity contribution is -0.144. The number of para-hydroxylation sites is 1. The van der Waals surface area contributed by atoms with Crippen LogP contribution in [0.25, 0.3) is 0 Å². The van der Waals surface area contributed by atoms with Crippen molar-refractivity contribution in [2.45, 2.75) is 39.2 Å². The van der Waals surface area contributed by atoms with Gasteiger partial charge in [0.05, 0.1) is 20.3 Å². The lowest BCUT2D eigenvalue weighted by Gasteiger charge is -2.33. The minimum atomic E-state index is -0.397. The fourth-order valence-electron chi connectivity index (χ4n) is 3.30. The van der Waals surface area contributed by atoms with E-state index in [1.807, 2.05) is 30.9 Å². The van der Waals surface area contributed by atoms with Gasteiger partial charge in [0.15, 0.2) is 0 Å². The number of methoxy groups -OCH3 is 1. The SMILES string of the molecule is CCOCCOC(C)C(=O)N1CCC(Cc2ccccc2OC)CC1. The molecule has 0 N–H and O–H groups in total. The molecule has 0 aromatic heterocycles. The Morgan fingerprint density at radius 3 is 2.64 bits per heavy atom. The summed E-state index contributed by atoms with van der Waals surface area (Å²) in [5.74, 6) is 1.64. The third-order valence-corrected chi connectivity index (χ3v) is 4.77. The molecule has 0 radical (unpaired) electrons. The van der Waals surface area contributed by atoms with Crippen molar-refractivity contribution in [2.24, 2.45) is 5.92 Å². The number of hydrogen-bond donors (Lipinski definition) is 0. The molecule has 1 saturated heterocycles. The van der Waals surface area contributed by atoms with Crippen LogP contribution in [0.15, 0.2) is 24.3 Å². The van der Waals surface area contributed by atoms with E-state index in [-0.39, 0.29) is 5.91 Å². The lowest BCUT2D eigenvalue weighted by Crippen LogP contribution is -2.44. The summed E-state index contributed by atoms with van der Waals surface area (Å²) in [5.41, 5.74) is 1.25. The van der Waals surface area contributed by atoms with Crippen LogP contribution >= 0.6 is 0 Å². The first-order valence-electron chi connectivity index (χ1n) is 9.25. The number of hydrogen-bond acceptors (Lipinski definition) is 4. The third-order valence-electron chi connectivity index (χ3n) is 4.77. The zero-order valence-corrected chi connectivity index (χ0v) is 15.7. The van der Waals surface area contributed by atoms with E-state index in [1.165, 1.54) is 5.56 Å². The summed E-state index contributed by atoms with van der Waals surface area (Å²) in [6, 6.07) is 8.19. The van der Waals surface area contributed by atoms with Gasteiger partial charge in [0, 0.05) is 19.7 Å². The Hall–Kier alpha value is -1.59. The number of amides is 1. The van der Waals surface area contributed by atoms with Gasteiger partial charge in [0.25, 0.3) is 5.91 Å². The van der Waals surface area contributed by atoms with Crippen LogP contribution in [-0.2, 0) is 20.7 Å². The van der Waals surface area contributed by atoms with E-state index in [2.05, 4.69) is 12.1 Å². The topological polar surface area (TPSA) is 48.0 Å². The van der Waals surface area contributed by atoms with Gasteiger partial charge < -0.3 is 19.1 Å².